The summed E-state index contributed by atoms with van der Waals surface area (Å²) in [4.78, 5) is 19.7. The first-order valence-corrected chi connectivity index (χ1v) is 9.87. The molecule has 2 aromatic heterocycles. The van der Waals surface area contributed by atoms with Gasteiger partial charge in [0.15, 0.2) is 0 Å². The fraction of sp³-hybridized carbons (Fsp3) is 0.350. The molecule has 0 bridgehead atoms. The molecule has 1 unspecified atom stereocenters. The van der Waals surface area contributed by atoms with Crippen molar-refractivity contribution >= 4 is 17.2 Å². The summed E-state index contributed by atoms with van der Waals surface area (Å²) in [5.74, 6) is 0.0240. The predicted octanol–water partition coefficient (Wildman–Crippen LogP) is 3.83. The van der Waals surface area contributed by atoms with E-state index in [1.165, 1.54) is 5.56 Å². The number of benzene rings is 1. The molecule has 1 saturated heterocycles. The lowest BCUT2D eigenvalue weighted by atomic mass is 9.99. The highest BCUT2D eigenvalue weighted by Gasteiger charge is 2.31. The number of amides is 1. The molecule has 0 spiro atoms. The second-order valence-corrected chi connectivity index (χ2v) is 7.66. The maximum atomic E-state index is 13.1. The number of carbonyl (C=O) groups is 1. The van der Waals surface area contributed by atoms with Crippen LogP contribution in [0, 0.1) is 0 Å². The summed E-state index contributed by atoms with van der Waals surface area (Å²) in [7, 11) is 1.91. The van der Waals surface area contributed by atoms with Gasteiger partial charge in [-0.05, 0) is 30.9 Å². The van der Waals surface area contributed by atoms with Crippen molar-refractivity contribution in [2.24, 2.45) is 7.05 Å². The molecule has 6 heteroatoms. The SMILES string of the molecule is Cn1ccc(C2CCCCN2C(=O)c2csc(Cc3ccccc3)n2)n1. The van der Waals surface area contributed by atoms with Crippen molar-refractivity contribution in [3.63, 3.8) is 0 Å². The third-order valence-electron chi connectivity index (χ3n) is 4.81. The summed E-state index contributed by atoms with van der Waals surface area (Å²) in [6.45, 7) is 0.769. The third-order valence-corrected chi connectivity index (χ3v) is 5.66. The second-order valence-electron chi connectivity index (χ2n) is 6.71. The van der Waals surface area contributed by atoms with Crippen molar-refractivity contribution in [1.29, 1.82) is 0 Å². The van der Waals surface area contributed by atoms with Crippen LogP contribution in [0.4, 0.5) is 0 Å². The second kappa shape index (κ2) is 7.41. The van der Waals surface area contributed by atoms with E-state index < -0.39 is 0 Å². The van der Waals surface area contributed by atoms with Crippen molar-refractivity contribution in [3.05, 3.63) is 69.9 Å². The molecule has 5 nitrogen and oxygen atoms in total. The molecule has 3 aromatic rings. The van der Waals surface area contributed by atoms with E-state index in [9.17, 15) is 4.79 Å². The van der Waals surface area contributed by atoms with Gasteiger partial charge in [0.25, 0.3) is 5.91 Å². The number of rotatable bonds is 4. The quantitative estimate of drug-likeness (QED) is 0.705. The number of aromatic nitrogens is 3. The van der Waals surface area contributed by atoms with Crippen molar-refractivity contribution in [2.45, 2.75) is 31.7 Å². The molecule has 0 saturated carbocycles. The minimum Gasteiger partial charge on any atom is -0.329 e. The van der Waals surface area contributed by atoms with Gasteiger partial charge in [-0.15, -0.1) is 11.3 Å². The standard InChI is InChI=1S/C20H22N4OS/c1-23-12-10-16(22-23)18-9-5-6-11-24(18)20(25)17-14-26-19(21-17)13-15-7-3-2-4-8-15/h2-4,7-8,10,12,14,18H,5-6,9,11,13H2,1H3. The van der Waals surface area contributed by atoms with Crippen LogP contribution in [0.2, 0.25) is 0 Å². The van der Waals surface area contributed by atoms with Crippen LogP contribution >= 0.6 is 11.3 Å². The van der Waals surface area contributed by atoms with Crippen LogP contribution in [-0.4, -0.2) is 32.1 Å². The van der Waals surface area contributed by atoms with Gasteiger partial charge in [0.1, 0.15) is 5.69 Å². The lowest BCUT2D eigenvalue weighted by Crippen LogP contribution is -2.39. The Labute approximate surface area is 157 Å². The lowest BCUT2D eigenvalue weighted by molar-refractivity contribution is 0.0600. The van der Waals surface area contributed by atoms with Crippen molar-refractivity contribution in [3.8, 4) is 0 Å². The van der Waals surface area contributed by atoms with Gasteiger partial charge in [0.2, 0.25) is 0 Å². The average molecular weight is 366 g/mol. The highest BCUT2D eigenvalue weighted by Crippen LogP contribution is 2.31. The maximum Gasteiger partial charge on any atom is 0.273 e. The Kier molecular flexibility index (Phi) is 4.84. The largest absolute Gasteiger partial charge is 0.329 e. The van der Waals surface area contributed by atoms with Crippen LogP contribution in [0.1, 0.15) is 52.1 Å². The first-order valence-electron chi connectivity index (χ1n) is 8.99. The Bertz CT molecular complexity index is 886. The van der Waals surface area contributed by atoms with Crippen LogP contribution < -0.4 is 0 Å². The summed E-state index contributed by atoms with van der Waals surface area (Å²) in [5, 5.41) is 7.40. The van der Waals surface area contributed by atoms with E-state index in [4.69, 9.17) is 0 Å². The molecule has 134 valence electrons. The predicted molar refractivity (Wildman–Crippen MR) is 102 cm³/mol. The van der Waals surface area contributed by atoms with Gasteiger partial charge < -0.3 is 4.90 Å². The zero-order chi connectivity index (χ0) is 17.9. The summed E-state index contributed by atoms with van der Waals surface area (Å²) in [6, 6.07) is 12.3. The van der Waals surface area contributed by atoms with Crippen LogP contribution in [0.15, 0.2) is 48.0 Å². The van der Waals surface area contributed by atoms with Crippen LogP contribution in [0.5, 0.6) is 0 Å². The van der Waals surface area contributed by atoms with Gasteiger partial charge in [0, 0.05) is 31.6 Å². The number of thiazole rings is 1. The van der Waals surface area contributed by atoms with Crippen LogP contribution in [0.3, 0.4) is 0 Å². The van der Waals surface area contributed by atoms with E-state index in [0.717, 1.165) is 42.9 Å². The highest BCUT2D eigenvalue weighted by atomic mass is 32.1. The molecule has 1 aromatic carbocycles. The number of aryl methyl sites for hydroxylation is 1. The Morgan fingerprint density at radius 3 is 2.85 bits per heavy atom. The zero-order valence-corrected chi connectivity index (χ0v) is 15.7. The van der Waals surface area contributed by atoms with Gasteiger partial charge in [-0.3, -0.25) is 9.48 Å². The Hall–Kier alpha value is -2.47. The van der Waals surface area contributed by atoms with Gasteiger partial charge in [-0.2, -0.15) is 5.10 Å². The molecule has 1 fully saturated rings. The van der Waals surface area contributed by atoms with E-state index >= 15 is 0 Å². The summed E-state index contributed by atoms with van der Waals surface area (Å²) in [6.07, 6.45) is 5.83. The minimum absolute atomic E-state index is 0.0240. The molecule has 3 heterocycles. The van der Waals surface area contributed by atoms with Crippen molar-refractivity contribution in [1.82, 2.24) is 19.7 Å². The summed E-state index contributed by atoms with van der Waals surface area (Å²) in [5.41, 5.74) is 2.74. The molecule has 0 aliphatic carbocycles. The Morgan fingerprint density at radius 1 is 1.23 bits per heavy atom. The van der Waals surface area contributed by atoms with Crippen molar-refractivity contribution in [2.75, 3.05) is 6.54 Å². The van der Waals surface area contributed by atoms with Gasteiger partial charge >= 0.3 is 0 Å². The van der Waals surface area contributed by atoms with Gasteiger partial charge in [0.05, 0.1) is 16.7 Å². The normalized spacial score (nSPS) is 17.4. The summed E-state index contributed by atoms with van der Waals surface area (Å²) >= 11 is 1.56. The number of hydrogen-bond donors (Lipinski definition) is 0. The highest BCUT2D eigenvalue weighted by molar-refractivity contribution is 7.09. The molecule has 1 amide bonds. The van der Waals surface area contributed by atoms with Crippen molar-refractivity contribution < 1.29 is 4.79 Å². The maximum absolute atomic E-state index is 13.1. The van der Waals surface area contributed by atoms with E-state index in [2.05, 4.69) is 22.2 Å². The third kappa shape index (κ3) is 3.55. The first-order chi connectivity index (χ1) is 12.7. The molecule has 1 aliphatic heterocycles. The minimum atomic E-state index is 0.0240. The van der Waals surface area contributed by atoms with E-state index in [0.29, 0.717) is 5.69 Å². The number of likely N-dealkylation sites (tertiary alicyclic amines) is 1. The number of hydrogen-bond acceptors (Lipinski definition) is 4. The molecule has 0 N–H and O–H groups in total. The topological polar surface area (TPSA) is 51.0 Å². The molecular formula is C20H22N4OS. The molecule has 4 rings (SSSR count). The molecule has 1 atom stereocenters. The van der Waals surface area contributed by atoms with E-state index in [1.54, 1.807) is 16.0 Å². The molecular weight excluding hydrogens is 344 g/mol. The van der Waals surface area contributed by atoms with E-state index in [-0.39, 0.29) is 11.9 Å². The Morgan fingerprint density at radius 2 is 2.08 bits per heavy atom. The zero-order valence-electron chi connectivity index (χ0n) is 14.8. The van der Waals surface area contributed by atoms with Gasteiger partial charge in [-0.1, -0.05) is 30.3 Å². The molecule has 1 aliphatic rings. The first kappa shape index (κ1) is 17.0. The monoisotopic (exact) mass is 366 g/mol. The number of piperidine rings is 1. The molecule has 26 heavy (non-hydrogen) atoms. The number of nitrogens with zero attached hydrogens (tertiary/aromatic N) is 4. The molecule has 0 radical (unpaired) electrons. The fourth-order valence-corrected chi connectivity index (χ4v) is 4.30. The lowest BCUT2D eigenvalue weighted by Gasteiger charge is -2.34. The number of carbonyl (C=O) groups excluding carboxylic acids is 1. The summed E-state index contributed by atoms with van der Waals surface area (Å²) < 4.78 is 1.80. The smallest absolute Gasteiger partial charge is 0.273 e. The van der Waals surface area contributed by atoms with Crippen LogP contribution in [-0.2, 0) is 13.5 Å². The van der Waals surface area contributed by atoms with Gasteiger partial charge in [-0.25, -0.2) is 4.98 Å². The van der Waals surface area contributed by atoms with Crippen LogP contribution in [0.25, 0.3) is 0 Å². The average Bonchev–Trinajstić information content (AvgIpc) is 3.31. The Balaban J connectivity index is 1.52. The fourth-order valence-electron chi connectivity index (χ4n) is 3.50. The van der Waals surface area contributed by atoms with E-state index in [1.807, 2.05) is 47.8 Å².